The number of nitrogens with one attached hydrogen (secondary N) is 2. The number of amides is 2. The van der Waals surface area contributed by atoms with Crippen molar-refractivity contribution in [3.8, 4) is 0 Å². The second kappa shape index (κ2) is 6.78. The summed E-state index contributed by atoms with van der Waals surface area (Å²) in [5.74, 6) is -0.0722. The second-order valence-corrected chi connectivity index (χ2v) is 4.94. The Balaban J connectivity index is 2.46. The lowest BCUT2D eigenvalue weighted by atomic mass is 9.98. The smallest absolute Gasteiger partial charge is 0.335 e. The van der Waals surface area contributed by atoms with E-state index in [2.05, 4.69) is 31.4 Å². The molecule has 3 N–H and O–H groups in total. The summed E-state index contributed by atoms with van der Waals surface area (Å²) in [5.41, 5.74) is 0.763. The van der Waals surface area contributed by atoms with Crippen molar-refractivity contribution < 1.29 is 14.7 Å². The Kier molecular flexibility index (Phi) is 5.36. The molecule has 0 aromatic heterocycles. The van der Waals surface area contributed by atoms with Gasteiger partial charge in [0.1, 0.15) is 0 Å². The molecule has 0 bridgehead atoms. The number of urea groups is 1. The van der Waals surface area contributed by atoms with Crippen molar-refractivity contribution in [2.24, 2.45) is 11.8 Å². The lowest BCUT2D eigenvalue weighted by Gasteiger charge is -2.16. The number of hydrogen-bond acceptors (Lipinski definition) is 2. The lowest BCUT2D eigenvalue weighted by molar-refractivity contribution is 0.0697. The van der Waals surface area contributed by atoms with E-state index >= 15 is 0 Å². The Morgan fingerprint density at radius 2 is 1.74 bits per heavy atom. The number of hydrogen-bond donors (Lipinski definition) is 3. The van der Waals surface area contributed by atoms with E-state index in [-0.39, 0.29) is 11.6 Å². The van der Waals surface area contributed by atoms with E-state index < -0.39 is 5.97 Å². The van der Waals surface area contributed by atoms with Gasteiger partial charge in [-0.15, -0.1) is 0 Å². The second-order valence-electron chi connectivity index (χ2n) is 4.94. The molecule has 0 saturated heterocycles. The molecule has 19 heavy (non-hydrogen) atoms. The van der Waals surface area contributed by atoms with Gasteiger partial charge in [-0.05, 0) is 36.1 Å². The van der Waals surface area contributed by atoms with Crippen LogP contribution < -0.4 is 10.6 Å². The van der Waals surface area contributed by atoms with Crippen molar-refractivity contribution in [2.45, 2.75) is 20.8 Å². The van der Waals surface area contributed by atoms with Crippen LogP contribution in [0.25, 0.3) is 0 Å². The quantitative estimate of drug-likeness (QED) is 0.765. The van der Waals surface area contributed by atoms with Gasteiger partial charge in [-0.1, -0.05) is 20.8 Å². The van der Waals surface area contributed by atoms with E-state index in [1.54, 1.807) is 12.1 Å². The number of carbonyl (C=O) groups excluding carboxylic acids is 1. The molecule has 2 amide bonds. The maximum atomic E-state index is 11.6. The number of carbonyl (C=O) groups is 2. The summed E-state index contributed by atoms with van der Waals surface area (Å²) >= 11 is 0. The molecule has 1 atom stereocenters. The van der Waals surface area contributed by atoms with Crippen molar-refractivity contribution in [3.05, 3.63) is 29.8 Å². The number of aromatic carboxylic acids is 1. The van der Waals surface area contributed by atoms with E-state index in [4.69, 9.17) is 5.11 Å². The standard InChI is InChI=1S/C14H20N2O3/c1-9(2)10(3)8-15-14(19)16-12-6-4-11(5-7-12)13(17)18/h4-7,9-10H,8H2,1-3H3,(H,17,18)(H2,15,16,19). The Hall–Kier alpha value is -2.04. The molecule has 0 radical (unpaired) electrons. The lowest BCUT2D eigenvalue weighted by Crippen LogP contribution is -2.33. The zero-order chi connectivity index (χ0) is 14.4. The first-order valence-electron chi connectivity index (χ1n) is 6.28. The highest BCUT2D eigenvalue weighted by atomic mass is 16.4. The van der Waals surface area contributed by atoms with Gasteiger partial charge in [0.15, 0.2) is 0 Å². The Morgan fingerprint density at radius 3 is 2.21 bits per heavy atom. The first kappa shape index (κ1) is 15.0. The van der Waals surface area contributed by atoms with Gasteiger partial charge in [-0.25, -0.2) is 9.59 Å². The van der Waals surface area contributed by atoms with Gasteiger partial charge in [0, 0.05) is 12.2 Å². The highest BCUT2D eigenvalue weighted by molar-refractivity contribution is 5.91. The molecule has 1 rings (SSSR count). The fourth-order valence-corrected chi connectivity index (χ4v) is 1.36. The Bertz CT molecular complexity index is 441. The van der Waals surface area contributed by atoms with Crippen LogP contribution >= 0.6 is 0 Å². The Labute approximate surface area is 113 Å². The van der Waals surface area contributed by atoms with Gasteiger partial charge in [0.05, 0.1) is 5.56 Å². The highest BCUT2D eigenvalue weighted by Crippen LogP contribution is 2.10. The number of benzene rings is 1. The minimum absolute atomic E-state index is 0.194. The van der Waals surface area contributed by atoms with Crippen LogP contribution in [0.5, 0.6) is 0 Å². The Morgan fingerprint density at radius 1 is 1.16 bits per heavy atom. The van der Waals surface area contributed by atoms with Crippen LogP contribution in [-0.4, -0.2) is 23.7 Å². The number of carboxylic acid groups (broad SMARTS) is 1. The number of anilines is 1. The molecule has 0 aliphatic rings. The van der Waals surface area contributed by atoms with Crippen LogP contribution in [0.1, 0.15) is 31.1 Å². The van der Waals surface area contributed by atoms with Gasteiger partial charge in [0.2, 0.25) is 0 Å². The van der Waals surface area contributed by atoms with Gasteiger partial charge in [-0.2, -0.15) is 0 Å². The summed E-state index contributed by atoms with van der Waals surface area (Å²) in [6, 6.07) is 5.75. The van der Waals surface area contributed by atoms with Crippen molar-refractivity contribution in [2.75, 3.05) is 11.9 Å². The molecule has 5 heteroatoms. The summed E-state index contributed by atoms with van der Waals surface area (Å²) in [5, 5.41) is 14.2. The molecule has 104 valence electrons. The maximum Gasteiger partial charge on any atom is 0.335 e. The molecular weight excluding hydrogens is 244 g/mol. The molecule has 5 nitrogen and oxygen atoms in total. The van der Waals surface area contributed by atoms with Crippen LogP contribution in [-0.2, 0) is 0 Å². The minimum atomic E-state index is -0.984. The highest BCUT2D eigenvalue weighted by Gasteiger charge is 2.09. The van der Waals surface area contributed by atoms with E-state index in [0.29, 0.717) is 24.1 Å². The van der Waals surface area contributed by atoms with Crippen LogP contribution in [0.3, 0.4) is 0 Å². The minimum Gasteiger partial charge on any atom is -0.478 e. The molecule has 0 aliphatic heterocycles. The summed E-state index contributed by atoms with van der Waals surface area (Å²) in [7, 11) is 0. The van der Waals surface area contributed by atoms with Gasteiger partial charge >= 0.3 is 12.0 Å². The summed E-state index contributed by atoms with van der Waals surface area (Å²) < 4.78 is 0. The predicted molar refractivity (Wildman–Crippen MR) is 74.4 cm³/mol. The molecule has 1 aromatic carbocycles. The third kappa shape index (κ3) is 4.99. The normalized spacial score (nSPS) is 12.0. The van der Waals surface area contributed by atoms with Crippen LogP contribution in [0, 0.1) is 11.8 Å². The first-order chi connectivity index (χ1) is 8.90. The van der Waals surface area contributed by atoms with Crippen LogP contribution in [0.4, 0.5) is 10.5 Å². The fourth-order valence-electron chi connectivity index (χ4n) is 1.36. The van der Waals surface area contributed by atoms with Gasteiger partial charge in [0.25, 0.3) is 0 Å². The van der Waals surface area contributed by atoms with E-state index in [1.165, 1.54) is 12.1 Å². The van der Waals surface area contributed by atoms with Crippen LogP contribution in [0.2, 0.25) is 0 Å². The molecule has 0 aliphatic carbocycles. The zero-order valence-electron chi connectivity index (χ0n) is 11.4. The molecule has 0 saturated carbocycles. The van der Waals surface area contributed by atoms with Gasteiger partial charge < -0.3 is 15.7 Å². The molecule has 1 aromatic rings. The fraction of sp³-hybridized carbons (Fsp3) is 0.429. The number of carboxylic acids is 1. The number of rotatable bonds is 5. The van der Waals surface area contributed by atoms with E-state index in [9.17, 15) is 9.59 Å². The van der Waals surface area contributed by atoms with Crippen molar-refractivity contribution in [1.82, 2.24) is 5.32 Å². The third-order valence-corrected chi connectivity index (χ3v) is 3.11. The molecule has 0 spiro atoms. The average Bonchev–Trinajstić information content (AvgIpc) is 2.36. The van der Waals surface area contributed by atoms with Crippen molar-refractivity contribution >= 4 is 17.7 Å². The first-order valence-corrected chi connectivity index (χ1v) is 6.28. The van der Waals surface area contributed by atoms with Gasteiger partial charge in [-0.3, -0.25) is 0 Å². The molecule has 0 heterocycles. The monoisotopic (exact) mass is 264 g/mol. The predicted octanol–water partition coefficient (Wildman–Crippen LogP) is 2.80. The topological polar surface area (TPSA) is 78.4 Å². The molecular formula is C14H20N2O3. The molecule has 0 fully saturated rings. The van der Waals surface area contributed by atoms with Crippen molar-refractivity contribution in [3.63, 3.8) is 0 Å². The van der Waals surface area contributed by atoms with Crippen LogP contribution in [0.15, 0.2) is 24.3 Å². The maximum absolute atomic E-state index is 11.6. The van der Waals surface area contributed by atoms with E-state index in [1.807, 2.05) is 0 Å². The zero-order valence-corrected chi connectivity index (χ0v) is 11.4. The molecule has 1 unspecified atom stereocenters. The van der Waals surface area contributed by atoms with Crippen molar-refractivity contribution in [1.29, 1.82) is 0 Å². The summed E-state index contributed by atoms with van der Waals surface area (Å²) in [6.07, 6.45) is 0. The van der Waals surface area contributed by atoms with E-state index in [0.717, 1.165) is 0 Å². The third-order valence-electron chi connectivity index (χ3n) is 3.11. The summed E-state index contributed by atoms with van der Waals surface area (Å²) in [6.45, 7) is 6.90. The SMILES string of the molecule is CC(C)C(C)CNC(=O)Nc1ccc(C(=O)O)cc1. The largest absolute Gasteiger partial charge is 0.478 e. The average molecular weight is 264 g/mol. The summed E-state index contributed by atoms with van der Waals surface area (Å²) in [4.78, 5) is 22.3.